The molecule has 0 radical (unpaired) electrons. The Bertz CT molecular complexity index is 732. The Kier molecular flexibility index (Phi) is 6.99. The molecule has 0 aliphatic carbocycles. The van der Waals surface area contributed by atoms with Crippen LogP contribution in [0.5, 0.6) is 0 Å². The first kappa shape index (κ1) is 19.1. The average Bonchev–Trinajstić information content (AvgIpc) is 3.06. The summed E-state index contributed by atoms with van der Waals surface area (Å²) in [5, 5.41) is 0. The maximum Gasteiger partial charge on any atom is 0.416 e. The number of carbonyl (C=O) groups is 2. The molecular formula is C22H25NO4. The van der Waals surface area contributed by atoms with Gasteiger partial charge >= 0.3 is 6.09 Å². The van der Waals surface area contributed by atoms with Crippen molar-refractivity contribution in [1.82, 2.24) is 4.90 Å². The zero-order valence-corrected chi connectivity index (χ0v) is 15.4. The second-order valence-corrected chi connectivity index (χ2v) is 6.68. The molecular weight excluding hydrogens is 342 g/mol. The number of rotatable bonds is 9. The van der Waals surface area contributed by atoms with E-state index in [4.69, 9.17) is 9.47 Å². The summed E-state index contributed by atoms with van der Waals surface area (Å²) in [5.74, 6) is -0.165. The fourth-order valence-corrected chi connectivity index (χ4v) is 3.17. The summed E-state index contributed by atoms with van der Waals surface area (Å²) in [7, 11) is 0. The van der Waals surface area contributed by atoms with Gasteiger partial charge in [0.25, 0.3) is 0 Å². The summed E-state index contributed by atoms with van der Waals surface area (Å²) in [6.45, 7) is 1.44. The molecule has 0 bridgehead atoms. The van der Waals surface area contributed by atoms with Gasteiger partial charge in [0.2, 0.25) is 5.91 Å². The van der Waals surface area contributed by atoms with Crippen LogP contribution in [0.1, 0.15) is 30.4 Å². The normalized spacial score (nSPS) is 16.4. The summed E-state index contributed by atoms with van der Waals surface area (Å²) in [4.78, 5) is 25.8. The molecule has 3 rings (SSSR count). The molecule has 5 nitrogen and oxygen atoms in total. The largest absolute Gasteiger partial charge is 0.447 e. The van der Waals surface area contributed by atoms with E-state index in [1.165, 1.54) is 4.90 Å². The maximum atomic E-state index is 12.5. The molecule has 1 heterocycles. The summed E-state index contributed by atoms with van der Waals surface area (Å²) >= 11 is 0. The third kappa shape index (κ3) is 5.66. The highest BCUT2D eigenvalue weighted by molar-refractivity contribution is 5.93. The molecule has 2 amide bonds. The molecule has 0 saturated carbocycles. The van der Waals surface area contributed by atoms with Gasteiger partial charge in [-0.05, 0) is 30.4 Å². The lowest BCUT2D eigenvalue weighted by Crippen LogP contribution is -2.40. The van der Waals surface area contributed by atoms with Gasteiger partial charge in [0.05, 0.1) is 12.6 Å². The number of carbonyl (C=O) groups excluding carboxylic acids is 2. The van der Waals surface area contributed by atoms with E-state index in [1.54, 1.807) is 0 Å². The highest BCUT2D eigenvalue weighted by atomic mass is 16.6. The quantitative estimate of drug-likeness (QED) is 0.630. The number of benzene rings is 2. The van der Waals surface area contributed by atoms with Crippen molar-refractivity contribution in [3.63, 3.8) is 0 Å². The van der Waals surface area contributed by atoms with Crippen molar-refractivity contribution in [2.75, 3.05) is 13.2 Å². The van der Waals surface area contributed by atoms with Gasteiger partial charge in [0.15, 0.2) is 0 Å². The number of hydrogen-bond acceptors (Lipinski definition) is 4. The number of nitrogens with zero attached hydrogens (tertiary/aromatic N) is 1. The fraction of sp³-hybridized carbons (Fsp3) is 0.364. The van der Waals surface area contributed by atoms with Gasteiger partial charge < -0.3 is 9.47 Å². The van der Waals surface area contributed by atoms with Gasteiger partial charge in [-0.1, -0.05) is 60.7 Å². The highest BCUT2D eigenvalue weighted by Crippen LogP contribution is 2.19. The van der Waals surface area contributed by atoms with Crippen LogP contribution < -0.4 is 0 Å². The van der Waals surface area contributed by atoms with Crippen molar-refractivity contribution in [1.29, 1.82) is 0 Å². The molecule has 0 spiro atoms. The minimum absolute atomic E-state index is 0.165. The zero-order chi connectivity index (χ0) is 18.9. The third-order valence-corrected chi connectivity index (χ3v) is 4.58. The smallest absolute Gasteiger partial charge is 0.416 e. The molecule has 2 aromatic carbocycles. The molecule has 5 heteroatoms. The van der Waals surface area contributed by atoms with Crippen LogP contribution in [-0.4, -0.2) is 36.2 Å². The molecule has 1 atom stereocenters. The van der Waals surface area contributed by atoms with Crippen molar-refractivity contribution >= 4 is 12.0 Å². The number of amides is 2. The Morgan fingerprint density at radius 1 is 1.00 bits per heavy atom. The summed E-state index contributed by atoms with van der Waals surface area (Å²) in [6, 6.07) is 19.6. The molecule has 27 heavy (non-hydrogen) atoms. The van der Waals surface area contributed by atoms with Crippen LogP contribution in [0.15, 0.2) is 60.7 Å². The van der Waals surface area contributed by atoms with Gasteiger partial charge in [-0.2, -0.15) is 0 Å². The average molecular weight is 367 g/mol. The number of hydrogen-bond donors (Lipinski definition) is 0. The number of unbranched alkanes of at least 4 members (excludes halogenated alkanes) is 1. The van der Waals surface area contributed by atoms with Gasteiger partial charge in [0.1, 0.15) is 6.61 Å². The molecule has 0 N–H and O–H groups in total. The summed E-state index contributed by atoms with van der Waals surface area (Å²) in [5.41, 5.74) is 2.23. The Hall–Kier alpha value is -2.66. The van der Waals surface area contributed by atoms with Crippen LogP contribution >= 0.6 is 0 Å². The van der Waals surface area contributed by atoms with Gasteiger partial charge in [-0.15, -0.1) is 0 Å². The Morgan fingerprint density at radius 3 is 2.37 bits per heavy atom. The topological polar surface area (TPSA) is 55.8 Å². The van der Waals surface area contributed by atoms with Gasteiger partial charge in [-0.3, -0.25) is 4.79 Å². The van der Waals surface area contributed by atoms with E-state index in [2.05, 4.69) is 0 Å². The first-order chi connectivity index (χ1) is 13.2. The highest BCUT2D eigenvalue weighted by Gasteiger charge is 2.37. The van der Waals surface area contributed by atoms with E-state index < -0.39 is 6.09 Å². The van der Waals surface area contributed by atoms with Crippen LogP contribution in [-0.2, 0) is 27.3 Å². The van der Waals surface area contributed by atoms with Crippen molar-refractivity contribution in [2.45, 2.75) is 38.3 Å². The SMILES string of the molecule is O=C(CCCCOCc1ccccc1)N1C(=O)OC[C@@H]1Cc1ccccc1. The lowest BCUT2D eigenvalue weighted by Gasteiger charge is -2.19. The van der Waals surface area contributed by atoms with Crippen molar-refractivity contribution in [2.24, 2.45) is 0 Å². The van der Waals surface area contributed by atoms with Crippen LogP contribution in [0.25, 0.3) is 0 Å². The van der Waals surface area contributed by atoms with E-state index in [0.29, 0.717) is 32.5 Å². The van der Waals surface area contributed by atoms with Crippen molar-refractivity contribution < 1.29 is 19.1 Å². The summed E-state index contributed by atoms with van der Waals surface area (Å²) < 4.78 is 10.7. The van der Waals surface area contributed by atoms with Crippen molar-refractivity contribution in [3.05, 3.63) is 71.8 Å². The molecule has 1 aliphatic rings. The predicted molar refractivity (Wildman–Crippen MR) is 102 cm³/mol. The lowest BCUT2D eigenvalue weighted by molar-refractivity contribution is -0.129. The van der Waals surface area contributed by atoms with Crippen LogP contribution in [0.3, 0.4) is 0 Å². The van der Waals surface area contributed by atoms with Crippen molar-refractivity contribution in [3.8, 4) is 0 Å². The second-order valence-electron chi connectivity index (χ2n) is 6.68. The van der Waals surface area contributed by atoms with Crippen LogP contribution in [0.4, 0.5) is 4.79 Å². The second kappa shape index (κ2) is 9.88. The Balaban J connectivity index is 1.39. The van der Waals surface area contributed by atoms with Gasteiger partial charge in [-0.25, -0.2) is 9.69 Å². The molecule has 1 fully saturated rings. The molecule has 0 aromatic heterocycles. The van der Waals surface area contributed by atoms with Crippen LogP contribution in [0.2, 0.25) is 0 Å². The molecule has 2 aromatic rings. The third-order valence-electron chi connectivity index (χ3n) is 4.58. The van der Waals surface area contributed by atoms with Crippen LogP contribution in [0, 0.1) is 0 Å². The molecule has 142 valence electrons. The number of ether oxygens (including phenoxy) is 2. The maximum absolute atomic E-state index is 12.5. The van der Waals surface area contributed by atoms with E-state index in [0.717, 1.165) is 17.5 Å². The first-order valence-electron chi connectivity index (χ1n) is 9.38. The van der Waals surface area contributed by atoms with Gasteiger partial charge in [0, 0.05) is 13.0 Å². The number of imide groups is 1. The first-order valence-corrected chi connectivity index (χ1v) is 9.38. The van der Waals surface area contributed by atoms with E-state index in [1.807, 2.05) is 60.7 Å². The standard InChI is InChI=1S/C22H25NO4/c24-21(13-7-8-14-26-16-19-11-5-2-6-12-19)23-20(17-27-22(23)25)15-18-9-3-1-4-10-18/h1-6,9-12,20H,7-8,13-17H2/t20-/m0/s1. The number of cyclic esters (lactones) is 1. The Morgan fingerprint density at radius 2 is 1.67 bits per heavy atom. The zero-order valence-electron chi connectivity index (χ0n) is 15.4. The monoisotopic (exact) mass is 367 g/mol. The van der Waals surface area contributed by atoms with E-state index >= 15 is 0 Å². The predicted octanol–water partition coefficient (Wildman–Crippen LogP) is 3.96. The van der Waals surface area contributed by atoms with E-state index in [-0.39, 0.29) is 18.6 Å². The summed E-state index contributed by atoms with van der Waals surface area (Å²) in [6.07, 6.45) is 1.90. The molecule has 1 saturated heterocycles. The fourth-order valence-electron chi connectivity index (χ4n) is 3.17. The lowest BCUT2D eigenvalue weighted by atomic mass is 10.1. The minimum Gasteiger partial charge on any atom is -0.447 e. The van der Waals surface area contributed by atoms with E-state index in [9.17, 15) is 9.59 Å². The molecule has 1 aliphatic heterocycles. The minimum atomic E-state index is -0.527. The Labute approximate surface area is 159 Å². The molecule has 0 unspecified atom stereocenters.